The van der Waals surface area contributed by atoms with Crippen molar-refractivity contribution < 1.29 is 8.42 Å². The van der Waals surface area contributed by atoms with Gasteiger partial charge in [-0.2, -0.15) is 4.31 Å². The van der Waals surface area contributed by atoms with Crippen LogP contribution >= 0.6 is 11.6 Å². The van der Waals surface area contributed by atoms with Crippen molar-refractivity contribution in [2.24, 2.45) is 13.0 Å². The van der Waals surface area contributed by atoms with Gasteiger partial charge in [0.2, 0.25) is 10.0 Å². The van der Waals surface area contributed by atoms with Crippen LogP contribution < -0.4 is 0 Å². The highest BCUT2D eigenvalue weighted by Gasteiger charge is 2.40. The molecular formula is C15H23ClN2O2S. The number of sulfonamides is 1. The van der Waals surface area contributed by atoms with Crippen LogP contribution in [0.15, 0.2) is 17.2 Å². The molecule has 1 aromatic rings. The predicted octanol–water partition coefficient (Wildman–Crippen LogP) is 3.11. The Balaban J connectivity index is 1.89. The largest absolute Gasteiger partial charge is 0.352 e. The lowest BCUT2D eigenvalue weighted by Gasteiger charge is -2.28. The molecule has 118 valence electrons. The Morgan fingerprint density at radius 2 is 1.95 bits per heavy atom. The molecule has 0 N–H and O–H groups in total. The highest BCUT2D eigenvalue weighted by Crippen LogP contribution is 2.38. The summed E-state index contributed by atoms with van der Waals surface area (Å²) in [6.45, 7) is 0.661. The van der Waals surface area contributed by atoms with Crippen molar-refractivity contribution in [3.63, 3.8) is 0 Å². The molecule has 0 aromatic carbocycles. The number of hydrogen-bond acceptors (Lipinski definition) is 2. The minimum absolute atomic E-state index is 0.206. The van der Waals surface area contributed by atoms with Crippen molar-refractivity contribution in [2.45, 2.75) is 55.3 Å². The van der Waals surface area contributed by atoms with E-state index < -0.39 is 10.0 Å². The lowest BCUT2D eigenvalue weighted by Crippen LogP contribution is -2.39. The summed E-state index contributed by atoms with van der Waals surface area (Å²) in [6, 6.07) is 1.92. The van der Waals surface area contributed by atoms with Crippen LogP contribution in [0.2, 0.25) is 0 Å². The molecule has 0 amide bonds. The normalized spacial score (nSPS) is 25.0. The van der Waals surface area contributed by atoms with Crippen molar-refractivity contribution in [3.8, 4) is 0 Å². The van der Waals surface area contributed by atoms with E-state index in [0.717, 1.165) is 18.5 Å². The molecule has 1 saturated heterocycles. The van der Waals surface area contributed by atoms with E-state index in [1.165, 1.54) is 25.7 Å². The molecule has 21 heavy (non-hydrogen) atoms. The standard InChI is InChI=1S/C15H23ClN2O2S/c1-17-11-14(9-13(17)10-16)21(19,20)18-8-4-7-15(18)12-5-2-3-6-12/h9,11-12,15H,2-8,10H2,1H3. The van der Waals surface area contributed by atoms with E-state index in [0.29, 0.717) is 23.2 Å². The van der Waals surface area contributed by atoms with E-state index in [-0.39, 0.29) is 6.04 Å². The summed E-state index contributed by atoms with van der Waals surface area (Å²) in [7, 11) is -1.54. The smallest absolute Gasteiger partial charge is 0.244 e. The molecule has 1 aliphatic carbocycles. The van der Waals surface area contributed by atoms with Gasteiger partial charge in [0, 0.05) is 31.5 Å². The maximum atomic E-state index is 13.0. The van der Waals surface area contributed by atoms with Gasteiger partial charge in [0.25, 0.3) is 0 Å². The molecule has 4 nitrogen and oxygen atoms in total. The van der Waals surface area contributed by atoms with Gasteiger partial charge in [-0.15, -0.1) is 11.6 Å². The monoisotopic (exact) mass is 330 g/mol. The second-order valence-electron chi connectivity index (χ2n) is 6.28. The maximum absolute atomic E-state index is 13.0. The number of aryl methyl sites for hydroxylation is 1. The zero-order valence-corrected chi connectivity index (χ0v) is 14.0. The van der Waals surface area contributed by atoms with E-state index in [4.69, 9.17) is 11.6 Å². The van der Waals surface area contributed by atoms with Gasteiger partial charge >= 0.3 is 0 Å². The van der Waals surface area contributed by atoms with Gasteiger partial charge in [-0.05, 0) is 37.7 Å². The average molecular weight is 331 g/mol. The first-order valence-corrected chi connectivity index (χ1v) is 9.74. The van der Waals surface area contributed by atoms with Crippen LogP contribution in [0.1, 0.15) is 44.2 Å². The molecule has 6 heteroatoms. The van der Waals surface area contributed by atoms with Crippen molar-refractivity contribution in [1.29, 1.82) is 0 Å². The number of rotatable bonds is 4. The van der Waals surface area contributed by atoms with Crippen LogP contribution in [-0.2, 0) is 23.0 Å². The maximum Gasteiger partial charge on any atom is 0.244 e. The van der Waals surface area contributed by atoms with Crippen molar-refractivity contribution in [3.05, 3.63) is 18.0 Å². The molecule has 2 fully saturated rings. The summed E-state index contributed by atoms with van der Waals surface area (Å²) in [6.07, 6.45) is 8.54. The highest BCUT2D eigenvalue weighted by molar-refractivity contribution is 7.89. The second-order valence-corrected chi connectivity index (χ2v) is 8.44. The Labute approximate surface area is 132 Å². The van der Waals surface area contributed by atoms with Crippen LogP contribution in [0.25, 0.3) is 0 Å². The summed E-state index contributed by atoms with van der Waals surface area (Å²) in [5, 5.41) is 0. The lowest BCUT2D eigenvalue weighted by atomic mass is 9.97. The average Bonchev–Trinajstić information content (AvgIpc) is 3.18. The van der Waals surface area contributed by atoms with Crippen LogP contribution in [0.3, 0.4) is 0 Å². The fourth-order valence-corrected chi connectivity index (χ4v) is 5.98. The summed E-state index contributed by atoms with van der Waals surface area (Å²) < 4.78 is 29.5. The van der Waals surface area contributed by atoms with E-state index in [1.54, 1.807) is 21.1 Å². The first-order chi connectivity index (χ1) is 10.0. The zero-order valence-electron chi connectivity index (χ0n) is 12.5. The third kappa shape index (κ3) is 2.76. The number of hydrogen-bond donors (Lipinski definition) is 0. The Bertz CT molecular complexity index is 605. The van der Waals surface area contributed by atoms with Crippen LogP contribution in [0.5, 0.6) is 0 Å². The Morgan fingerprint density at radius 1 is 1.24 bits per heavy atom. The van der Waals surface area contributed by atoms with E-state index in [2.05, 4.69) is 0 Å². The van der Waals surface area contributed by atoms with Crippen molar-refractivity contribution in [1.82, 2.24) is 8.87 Å². The number of nitrogens with zero attached hydrogens (tertiary/aromatic N) is 2. The molecule has 2 heterocycles. The summed E-state index contributed by atoms with van der Waals surface area (Å²) in [4.78, 5) is 0.394. The minimum Gasteiger partial charge on any atom is -0.352 e. The lowest BCUT2D eigenvalue weighted by molar-refractivity contribution is 0.288. The van der Waals surface area contributed by atoms with Crippen molar-refractivity contribution in [2.75, 3.05) is 6.54 Å². The summed E-state index contributed by atoms with van der Waals surface area (Å²) in [5.41, 5.74) is 0.840. The highest BCUT2D eigenvalue weighted by atomic mass is 35.5. The van der Waals surface area contributed by atoms with Gasteiger partial charge in [-0.1, -0.05) is 12.8 Å². The Kier molecular flexibility index (Phi) is 4.35. The second kappa shape index (κ2) is 5.94. The zero-order chi connectivity index (χ0) is 15.0. The Morgan fingerprint density at radius 3 is 2.57 bits per heavy atom. The summed E-state index contributed by atoms with van der Waals surface area (Å²) in [5.74, 6) is 0.886. The molecule has 0 radical (unpaired) electrons. The van der Waals surface area contributed by atoms with Gasteiger partial charge < -0.3 is 4.57 Å². The quantitative estimate of drug-likeness (QED) is 0.796. The van der Waals surface area contributed by atoms with Crippen molar-refractivity contribution >= 4 is 21.6 Å². The molecule has 1 atom stereocenters. The third-order valence-electron chi connectivity index (χ3n) is 5.02. The molecular weight excluding hydrogens is 308 g/mol. The molecule has 1 aliphatic heterocycles. The molecule has 0 spiro atoms. The van der Waals surface area contributed by atoms with Gasteiger partial charge in [-0.25, -0.2) is 8.42 Å². The van der Waals surface area contributed by atoms with E-state index in [9.17, 15) is 8.42 Å². The molecule has 1 aromatic heterocycles. The van der Waals surface area contributed by atoms with E-state index >= 15 is 0 Å². The fraction of sp³-hybridized carbons (Fsp3) is 0.733. The van der Waals surface area contributed by atoms with Gasteiger partial charge in [-0.3, -0.25) is 0 Å². The van der Waals surface area contributed by atoms with Crippen LogP contribution in [-0.4, -0.2) is 29.9 Å². The first kappa shape index (κ1) is 15.4. The molecule has 2 aliphatic rings. The third-order valence-corrected chi connectivity index (χ3v) is 7.18. The van der Waals surface area contributed by atoms with Gasteiger partial charge in [0.15, 0.2) is 0 Å². The SMILES string of the molecule is Cn1cc(S(=O)(=O)N2CCCC2C2CCCC2)cc1CCl. The molecule has 0 bridgehead atoms. The molecule has 3 rings (SSSR count). The number of alkyl halides is 1. The Hall–Kier alpha value is -0.520. The van der Waals surface area contributed by atoms with Gasteiger partial charge in [0.05, 0.1) is 5.88 Å². The molecule has 1 saturated carbocycles. The van der Waals surface area contributed by atoms with Gasteiger partial charge in [0.1, 0.15) is 4.90 Å². The number of aromatic nitrogens is 1. The fourth-order valence-electron chi connectivity index (χ4n) is 3.86. The van der Waals surface area contributed by atoms with E-state index in [1.807, 2.05) is 7.05 Å². The molecule has 1 unspecified atom stereocenters. The number of halogens is 1. The van der Waals surface area contributed by atoms with Crippen LogP contribution in [0.4, 0.5) is 0 Å². The topological polar surface area (TPSA) is 42.3 Å². The minimum atomic E-state index is -3.38. The van der Waals surface area contributed by atoms with Crippen LogP contribution in [0, 0.1) is 5.92 Å². The summed E-state index contributed by atoms with van der Waals surface area (Å²) >= 11 is 5.86. The first-order valence-electron chi connectivity index (χ1n) is 7.77. The predicted molar refractivity (Wildman–Crippen MR) is 83.8 cm³/mol.